The molecule has 1 heterocycles. The number of piperidine rings is 1. The summed E-state index contributed by atoms with van der Waals surface area (Å²) in [5, 5.41) is 2.94. The minimum Gasteiger partial charge on any atom is -0.356 e. The van der Waals surface area contributed by atoms with Crippen LogP contribution < -0.4 is 5.32 Å². The quantitative estimate of drug-likeness (QED) is 0.764. The van der Waals surface area contributed by atoms with Crippen LogP contribution in [-0.2, 0) is 4.79 Å². The number of carbonyl (C=O) groups excluding carboxylic acids is 3. The number of likely N-dealkylation sites (tertiary alicyclic amines) is 1. The molecule has 29 heavy (non-hydrogen) atoms. The van der Waals surface area contributed by atoms with Crippen molar-refractivity contribution < 1.29 is 14.4 Å². The minimum absolute atomic E-state index is 0.0463. The molecule has 0 aromatic heterocycles. The summed E-state index contributed by atoms with van der Waals surface area (Å²) in [5.74, 6) is -0.264. The molecule has 3 rings (SSSR count). The van der Waals surface area contributed by atoms with Crippen molar-refractivity contribution in [1.82, 2.24) is 10.2 Å². The van der Waals surface area contributed by atoms with Crippen LogP contribution in [0, 0.1) is 12.8 Å². The summed E-state index contributed by atoms with van der Waals surface area (Å²) >= 11 is 0. The monoisotopic (exact) mass is 392 g/mol. The van der Waals surface area contributed by atoms with Crippen molar-refractivity contribution in [2.45, 2.75) is 33.1 Å². The van der Waals surface area contributed by atoms with Crippen molar-refractivity contribution in [2.75, 3.05) is 19.6 Å². The van der Waals surface area contributed by atoms with Crippen LogP contribution in [0.1, 0.15) is 58.0 Å². The van der Waals surface area contributed by atoms with E-state index in [-0.39, 0.29) is 23.5 Å². The largest absolute Gasteiger partial charge is 0.356 e. The molecular weight excluding hydrogens is 364 g/mol. The van der Waals surface area contributed by atoms with Gasteiger partial charge in [-0.25, -0.2) is 0 Å². The number of hydrogen-bond donors (Lipinski definition) is 1. The van der Waals surface area contributed by atoms with Crippen molar-refractivity contribution in [3.8, 4) is 0 Å². The normalized spacial score (nSPS) is 14.5. The molecule has 5 nitrogen and oxygen atoms in total. The maximum Gasteiger partial charge on any atom is 0.254 e. The Labute approximate surface area is 172 Å². The molecule has 5 heteroatoms. The number of hydrogen-bond acceptors (Lipinski definition) is 3. The number of ketones is 1. The predicted octanol–water partition coefficient (Wildman–Crippen LogP) is 3.60. The Balaban J connectivity index is 1.72. The molecule has 0 atom stereocenters. The van der Waals surface area contributed by atoms with E-state index in [2.05, 4.69) is 5.32 Å². The first-order valence-corrected chi connectivity index (χ1v) is 10.3. The van der Waals surface area contributed by atoms with Gasteiger partial charge < -0.3 is 10.2 Å². The molecule has 2 aromatic carbocycles. The summed E-state index contributed by atoms with van der Waals surface area (Å²) in [4.78, 5) is 40.0. The Bertz CT molecular complexity index is 881. The zero-order valence-electron chi connectivity index (χ0n) is 17.1. The summed E-state index contributed by atoms with van der Waals surface area (Å²) < 4.78 is 0. The summed E-state index contributed by atoms with van der Waals surface area (Å²) in [6.45, 7) is 5.73. The molecule has 1 fully saturated rings. The number of aryl methyl sites for hydroxylation is 1. The van der Waals surface area contributed by atoms with Crippen LogP contribution in [0.4, 0.5) is 0 Å². The summed E-state index contributed by atoms with van der Waals surface area (Å²) in [5.41, 5.74) is 2.50. The molecule has 1 aliphatic heterocycles. The minimum atomic E-state index is -0.150. The fraction of sp³-hybridized carbons (Fsp3) is 0.375. The molecule has 0 radical (unpaired) electrons. The highest BCUT2D eigenvalue weighted by molar-refractivity contribution is 6.15. The lowest BCUT2D eigenvalue weighted by molar-refractivity contribution is -0.126. The van der Waals surface area contributed by atoms with E-state index < -0.39 is 0 Å². The van der Waals surface area contributed by atoms with Gasteiger partial charge in [0.2, 0.25) is 5.91 Å². The first kappa shape index (κ1) is 20.8. The molecular formula is C24H28N2O3. The average molecular weight is 392 g/mol. The van der Waals surface area contributed by atoms with Crippen LogP contribution in [0.2, 0.25) is 0 Å². The van der Waals surface area contributed by atoms with Gasteiger partial charge in [0.05, 0.1) is 5.56 Å². The fourth-order valence-corrected chi connectivity index (χ4v) is 3.64. The van der Waals surface area contributed by atoms with E-state index in [0.717, 1.165) is 12.0 Å². The summed E-state index contributed by atoms with van der Waals surface area (Å²) in [6.07, 6.45) is 2.21. The highest BCUT2D eigenvalue weighted by Gasteiger charge is 2.29. The van der Waals surface area contributed by atoms with E-state index in [0.29, 0.717) is 49.2 Å². The van der Waals surface area contributed by atoms with E-state index in [1.165, 1.54) is 0 Å². The number of benzene rings is 2. The number of nitrogens with zero attached hydrogens (tertiary/aromatic N) is 1. The van der Waals surface area contributed by atoms with Gasteiger partial charge >= 0.3 is 0 Å². The Morgan fingerprint density at radius 1 is 0.966 bits per heavy atom. The number of nitrogens with one attached hydrogen (secondary N) is 1. The van der Waals surface area contributed by atoms with Crippen LogP contribution >= 0.6 is 0 Å². The van der Waals surface area contributed by atoms with Gasteiger partial charge in [-0.2, -0.15) is 0 Å². The van der Waals surface area contributed by atoms with E-state index in [1.54, 1.807) is 41.3 Å². The second kappa shape index (κ2) is 9.50. The van der Waals surface area contributed by atoms with Crippen LogP contribution in [0.15, 0.2) is 48.5 Å². The second-order valence-electron chi connectivity index (χ2n) is 7.60. The SMILES string of the molecule is CCCNC(=O)C1CCN(C(=O)c2ccccc2C(=O)c2ccc(C)cc2)CC1. The predicted molar refractivity (Wildman–Crippen MR) is 113 cm³/mol. The van der Waals surface area contributed by atoms with Crippen LogP contribution in [0.3, 0.4) is 0 Å². The van der Waals surface area contributed by atoms with E-state index >= 15 is 0 Å². The van der Waals surface area contributed by atoms with E-state index in [9.17, 15) is 14.4 Å². The zero-order chi connectivity index (χ0) is 20.8. The number of carbonyl (C=O) groups is 3. The van der Waals surface area contributed by atoms with Crippen LogP contribution in [-0.4, -0.2) is 42.1 Å². The van der Waals surface area contributed by atoms with Crippen molar-refractivity contribution in [3.05, 3.63) is 70.8 Å². The highest BCUT2D eigenvalue weighted by atomic mass is 16.2. The Kier molecular flexibility index (Phi) is 6.81. The standard InChI is InChI=1S/C24H28N2O3/c1-3-14-25-23(28)19-12-15-26(16-13-19)24(29)21-7-5-4-6-20(21)22(27)18-10-8-17(2)9-11-18/h4-11,19H,3,12-16H2,1-2H3,(H,25,28). The van der Waals surface area contributed by atoms with Gasteiger partial charge in [-0.1, -0.05) is 55.0 Å². The molecule has 152 valence electrons. The maximum absolute atomic E-state index is 13.1. The van der Waals surface area contributed by atoms with Gasteiger partial charge in [-0.05, 0) is 32.3 Å². The molecule has 0 saturated carbocycles. The lowest BCUT2D eigenvalue weighted by Crippen LogP contribution is -2.43. The van der Waals surface area contributed by atoms with Gasteiger partial charge in [0.15, 0.2) is 5.78 Å². The van der Waals surface area contributed by atoms with Gasteiger partial charge in [0.1, 0.15) is 0 Å². The lowest BCUT2D eigenvalue weighted by Gasteiger charge is -2.31. The van der Waals surface area contributed by atoms with E-state index in [1.807, 2.05) is 26.0 Å². The van der Waals surface area contributed by atoms with Crippen molar-refractivity contribution in [3.63, 3.8) is 0 Å². The van der Waals surface area contributed by atoms with Gasteiger partial charge in [-0.15, -0.1) is 0 Å². The summed E-state index contributed by atoms with van der Waals surface area (Å²) in [7, 11) is 0. The molecule has 1 saturated heterocycles. The van der Waals surface area contributed by atoms with Gasteiger partial charge in [0.25, 0.3) is 5.91 Å². The third kappa shape index (κ3) is 4.91. The number of rotatable bonds is 6. The summed E-state index contributed by atoms with van der Waals surface area (Å²) in [6, 6.07) is 14.4. The zero-order valence-corrected chi connectivity index (χ0v) is 17.1. The Morgan fingerprint density at radius 2 is 1.59 bits per heavy atom. The topological polar surface area (TPSA) is 66.5 Å². The maximum atomic E-state index is 13.1. The van der Waals surface area contributed by atoms with E-state index in [4.69, 9.17) is 0 Å². The highest BCUT2D eigenvalue weighted by Crippen LogP contribution is 2.22. The van der Waals surface area contributed by atoms with Crippen molar-refractivity contribution in [1.29, 1.82) is 0 Å². The third-order valence-electron chi connectivity index (χ3n) is 5.42. The first-order chi connectivity index (χ1) is 14.0. The fourth-order valence-electron chi connectivity index (χ4n) is 3.64. The van der Waals surface area contributed by atoms with Gasteiger partial charge in [-0.3, -0.25) is 14.4 Å². The lowest BCUT2D eigenvalue weighted by atomic mass is 9.93. The molecule has 0 bridgehead atoms. The first-order valence-electron chi connectivity index (χ1n) is 10.3. The smallest absolute Gasteiger partial charge is 0.254 e. The number of amides is 2. The van der Waals surface area contributed by atoms with Crippen LogP contribution in [0.25, 0.3) is 0 Å². The molecule has 2 aromatic rings. The third-order valence-corrected chi connectivity index (χ3v) is 5.42. The molecule has 2 amide bonds. The molecule has 0 unspecified atom stereocenters. The molecule has 1 N–H and O–H groups in total. The average Bonchev–Trinajstić information content (AvgIpc) is 2.77. The molecule has 0 aliphatic carbocycles. The van der Waals surface area contributed by atoms with Crippen molar-refractivity contribution >= 4 is 17.6 Å². The Morgan fingerprint density at radius 3 is 2.21 bits per heavy atom. The van der Waals surface area contributed by atoms with Gasteiger partial charge in [0, 0.05) is 36.7 Å². The van der Waals surface area contributed by atoms with Crippen LogP contribution in [0.5, 0.6) is 0 Å². The molecule has 0 spiro atoms. The Hall–Kier alpha value is -2.95. The van der Waals surface area contributed by atoms with Crippen molar-refractivity contribution in [2.24, 2.45) is 5.92 Å². The second-order valence-corrected chi connectivity index (χ2v) is 7.60. The molecule has 1 aliphatic rings.